The van der Waals surface area contributed by atoms with Gasteiger partial charge in [-0.25, -0.2) is 4.68 Å². The first kappa shape index (κ1) is 14.7. The van der Waals surface area contributed by atoms with Gasteiger partial charge >= 0.3 is 0 Å². The van der Waals surface area contributed by atoms with E-state index in [0.717, 1.165) is 5.56 Å². The van der Waals surface area contributed by atoms with Crippen LogP contribution in [-0.2, 0) is 11.3 Å². The summed E-state index contributed by atoms with van der Waals surface area (Å²) >= 11 is 6.01. The van der Waals surface area contributed by atoms with Crippen molar-refractivity contribution in [3.63, 3.8) is 0 Å². The van der Waals surface area contributed by atoms with Gasteiger partial charge in [0.2, 0.25) is 0 Å². The zero-order chi connectivity index (χ0) is 14.8. The van der Waals surface area contributed by atoms with Crippen LogP contribution in [0.25, 0.3) is 11.4 Å². The lowest BCUT2D eigenvalue weighted by molar-refractivity contribution is -0.0246. The average Bonchev–Trinajstić information content (AvgIpc) is 2.79. The summed E-state index contributed by atoms with van der Waals surface area (Å²) in [7, 11) is 0. The van der Waals surface area contributed by atoms with E-state index in [1.54, 1.807) is 22.9 Å². The molecule has 20 heavy (non-hydrogen) atoms. The molecule has 2 N–H and O–H groups in total. The number of anilines is 1. The highest BCUT2D eigenvalue weighted by atomic mass is 35.5. The summed E-state index contributed by atoms with van der Waals surface area (Å²) in [5, 5.41) is 12.4. The van der Waals surface area contributed by atoms with Crippen LogP contribution in [0.15, 0.2) is 18.2 Å². The molecule has 7 heteroatoms. The van der Waals surface area contributed by atoms with Crippen molar-refractivity contribution < 1.29 is 4.74 Å². The molecule has 0 amide bonds. The van der Waals surface area contributed by atoms with Crippen molar-refractivity contribution in [2.24, 2.45) is 0 Å². The third-order valence-electron chi connectivity index (χ3n) is 2.85. The monoisotopic (exact) mass is 295 g/mol. The Labute approximate surface area is 122 Å². The molecular formula is C13H18ClN5O. The van der Waals surface area contributed by atoms with Gasteiger partial charge in [-0.15, -0.1) is 5.10 Å². The van der Waals surface area contributed by atoms with Crippen molar-refractivity contribution in [1.82, 2.24) is 20.2 Å². The van der Waals surface area contributed by atoms with E-state index in [1.165, 1.54) is 0 Å². The Hall–Kier alpha value is -1.66. The Balaban J connectivity index is 2.36. The fourth-order valence-electron chi connectivity index (χ4n) is 2.02. The molecule has 0 spiro atoms. The van der Waals surface area contributed by atoms with Crippen molar-refractivity contribution in [1.29, 1.82) is 0 Å². The largest absolute Gasteiger partial charge is 0.398 e. The number of nitrogens with zero attached hydrogens (tertiary/aromatic N) is 4. The van der Waals surface area contributed by atoms with E-state index in [1.807, 2.05) is 20.8 Å². The van der Waals surface area contributed by atoms with E-state index in [4.69, 9.17) is 22.1 Å². The topological polar surface area (TPSA) is 78.8 Å². The Morgan fingerprint density at radius 1 is 1.40 bits per heavy atom. The number of hydrogen-bond donors (Lipinski definition) is 1. The number of nitrogens with two attached hydrogens (primary N) is 1. The van der Waals surface area contributed by atoms with Crippen LogP contribution in [0.4, 0.5) is 5.69 Å². The van der Waals surface area contributed by atoms with Crippen LogP contribution in [-0.4, -0.2) is 32.4 Å². The van der Waals surface area contributed by atoms with Crippen LogP contribution < -0.4 is 5.73 Å². The van der Waals surface area contributed by atoms with Gasteiger partial charge in [0, 0.05) is 22.9 Å². The van der Waals surface area contributed by atoms with Gasteiger partial charge in [-0.2, -0.15) is 0 Å². The number of tetrazole rings is 1. The average molecular weight is 296 g/mol. The van der Waals surface area contributed by atoms with E-state index >= 15 is 0 Å². The summed E-state index contributed by atoms with van der Waals surface area (Å²) in [5.41, 5.74) is 6.90. The van der Waals surface area contributed by atoms with Crippen molar-refractivity contribution >= 4 is 17.3 Å². The second-order valence-corrected chi connectivity index (χ2v) is 5.52. The molecule has 0 atom stereocenters. The zero-order valence-corrected chi connectivity index (χ0v) is 12.6. The van der Waals surface area contributed by atoms with Crippen LogP contribution in [0.3, 0.4) is 0 Å². The number of aromatic nitrogens is 4. The molecule has 0 saturated heterocycles. The highest BCUT2D eigenvalue weighted by molar-refractivity contribution is 6.31. The number of hydrogen-bond acceptors (Lipinski definition) is 5. The fraction of sp³-hybridized carbons (Fsp3) is 0.462. The van der Waals surface area contributed by atoms with Gasteiger partial charge in [0.05, 0.1) is 12.1 Å². The SMILES string of the molecule is CCOC(C)(C)Cn1nnnc1-c1cc(Cl)ccc1N. The second-order valence-electron chi connectivity index (χ2n) is 5.08. The van der Waals surface area contributed by atoms with E-state index in [9.17, 15) is 0 Å². The second kappa shape index (κ2) is 5.76. The molecule has 6 nitrogen and oxygen atoms in total. The summed E-state index contributed by atoms with van der Waals surface area (Å²) in [4.78, 5) is 0. The molecule has 1 heterocycles. The van der Waals surface area contributed by atoms with Crippen LogP contribution in [0, 0.1) is 0 Å². The molecule has 0 bridgehead atoms. The summed E-state index contributed by atoms with van der Waals surface area (Å²) in [6.07, 6.45) is 0. The molecule has 2 rings (SSSR count). The zero-order valence-electron chi connectivity index (χ0n) is 11.8. The first-order valence-electron chi connectivity index (χ1n) is 6.38. The Morgan fingerprint density at radius 3 is 2.85 bits per heavy atom. The van der Waals surface area contributed by atoms with E-state index < -0.39 is 0 Å². The molecule has 1 aromatic carbocycles. The molecule has 0 aliphatic rings. The molecule has 1 aromatic heterocycles. The third kappa shape index (κ3) is 3.26. The summed E-state index contributed by atoms with van der Waals surface area (Å²) in [5.74, 6) is 0.581. The van der Waals surface area contributed by atoms with Crippen molar-refractivity contribution in [3.8, 4) is 11.4 Å². The molecule has 0 aliphatic carbocycles. The molecule has 0 unspecified atom stereocenters. The van der Waals surface area contributed by atoms with Gasteiger partial charge in [-0.1, -0.05) is 11.6 Å². The summed E-state index contributed by atoms with van der Waals surface area (Å²) < 4.78 is 7.35. The van der Waals surface area contributed by atoms with Gasteiger partial charge in [-0.05, 0) is 49.4 Å². The highest BCUT2D eigenvalue weighted by Crippen LogP contribution is 2.27. The lowest BCUT2D eigenvalue weighted by atomic mass is 10.1. The predicted molar refractivity (Wildman–Crippen MR) is 78.4 cm³/mol. The highest BCUT2D eigenvalue weighted by Gasteiger charge is 2.22. The van der Waals surface area contributed by atoms with Gasteiger partial charge in [0.1, 0.15) is 0 Å². The maximum atomic E-state index is 6.01. The Kier molecular flexibility index (Phi) is 4.25. The predicted octanol–water partition coefficient (Wildman–Crippen LogP) is 2.39. The fourth-order valence-corrected chi connectivity index (χ4v) is 2.20. The van der Waals surface area contributed by atoms with E-state index in [-0.39, 0.29) is 5.60 Å². The molecule has 0 fully saturated rings. The van der Waals surface area contributed by atoms with Gasteiger partial charge in [-0.3, -0.25) is 0 Å². The van der Waals surface area contributed by atoms with Gasteiger partial charge < -0.3 is 10.5 Å². The lowest BCUT2D eigenvalue weighted by Crippen LogP contribution is -2.31. The van der Waals surface area contributed by atoms with E-state index in [0.29, 0.717) is 29.7 Å². The molecule has 0 aliphatic heterocycles. The van der Waals surface area contributed by atoms with Gasteiger partial charge in [0.15, 0.2) is 5.82 Å². The van der Waals surface area contributed by atoms with E-state index in [2.05, 4.69) is 15.5 Å². The minimum Gasteiger partial charge on any atom is -0.398 e. The normalized spacial score (nSPS) is 11.8. The minimum atomic E-state index is -0.369. The Bertz CT molecular complexity index is 596. The number of ether oxygens (including phenoxy) is 1. The van der Waals surface area contributed by atoms with Crippen molar-refractivity contribution in [2.45, 2.75) is 32.9 Å². The molecule has 0 radical (unpaired) electrons. The first-order valence-corrected chi connectivity index (χ1v) is 6.76. The smallest absolute Gasteiger partial charge is 0.184 e. The van der Waals surface area contributed by atoms with Crippen LogP contribution in [0.5, 0.6) is 0 Å². The van der Waals surface area contributed by atoms with Crippen molar-refractivity contribution in [2.75, 3.05) is 12.3 Å². The van der Waals surface area contributed by atoms with Crippen LogP contribution in [0.2, 0.25) is 5.02 Å². The Morgan fingerprint density at radius 2 is 2.15 bits per heavy atom. The number of benzene rings is 1. The lowest BCUT2D eigenvalue weighted by Gasteiger charge is -2.24. The summed E-state index contributed by atoms with van der Waals surface area (Å²) in [6, 6.07) is 5.23. The number of rotatable bonds is 5. The minimum absolute atomic E-state index is 0.369. The molecule has 2 aromatic rings. The number of nitrogen functional groups attached to an aromatic ring is 1. The molecule has 108 valence electrons. The maximum Gasteiger partial charge on any atom is 0.184 e. The van der Waals surface area contributed by atoms with Crippen LogP contribution in [0.1, 0.15) is 20.8 Å². The summed E-state index contributed by atoms with van der Waals surface area (Å²) in [6.45, 7) is 7.09. The molecule has 0 saturated carbocycles. The maximum absolute atomic E-state index is 6.01. The first-order chi connectivity index (χ1) is 9.43. The van der Waals surface area contributed by atoms with Crippen LogP contribution >= 0.6 is 11.6 Å². The standard InChI is InChI=1S/C13H18ClN5O/c1-4-20-13(2,3)8-19-12(16-17-18-19)10-7-9(14)5-6-11(10)15/h5-7H,4,8,15H2,1-3H3. The van der Waals surface area contributed by atoms with Crippen molar-refractivity contribution in [3.05, 3.63) is 23.2 Å². The third-order valence-corrected chi connectivity index (χ3v) is 3.09. The quantitative estimate of drug-likeness (QED) is 0.857. The number of halogens is 1. The molecular weight excluding hydrogens is 278 g/mol. The van der Waals surface area contributed by atoms with Gasteiger partial charge in [0.25, 0.3) is 0 Å².